The largest absolute Gasteiger partial charge is 0.394 e. The van der Waals surface area contributed by atoms with E-state index in [9.17, 15) is 5.11 Å². The van der Waals surface area contributed by atoms with Gasteiger partial charge in [-0.05, 0) is 49.9 Å². The van der Waals surface area contributed by atoms with Crippen molar-refractivity contribution in [1.82, 2.24) is 0 Å². The molecule has 1 saturated heterocycles. The highest BCUT2D eigenvalue weighted by atomic mass is 16.3. The molecule has 17 heavy (non-hydrogen) atoms. The lowest BCUT2D eigenvalue weighted by atomic mass is 9.89. The fourth-order valence-corrected chi connectivity index (χ4v) is 2.50. The lowest BCUT2D eigenvalue weighted by Crippen LogP contribution is -2.52. The normalized spacial score (nSPS) is 19.4. The molecule has 0 spiro atoms. The van der Waals surface area contributed by atoms with E-state index < -0.39 is 0 Å². The van der Waals surface area contributed by atoms with Crippen LogP contribution in [0.1, 0.15) is 24.0 Å². The van der Waals surface area contributed by atoms with Gasteiger partial charge in [-0.25, -0.2) is 0 Å². The number of aliphatic hydroxyl groups excluding tert-OH is 1. The van der Waals surface area contributed by atoms with Crippen LogP contribution in [-0.4, -0.2) is 30.3 Å². The third kappa shape index (κ3) is 2.79. The number of hydrogen-bond donors (Lipinski definition) is 2. The summed E-state index contributed by atoms with van der Waals surface area (Å²) in [5.41, 5.74) is 9.59. The van der Waals surface area contributed by atoms with E-state index >= 15 is 0 Å². The zero-order valence-electron chi connectivity index (χ0n) is 10.7. The highest BCUT2D eigenvalue weighted by molar-refractivity contribution is 5.51. The van der Waals surface area contributed by atoms with Gasteiger partial charge in [0.05, 0.1) is 6.61 Å². The molecule has 1 heterocycles. The van der Waals surface area contributed by atoms with Crippen LogP contribution in [0.4, 0.5) is 5.69 Å². The summed E-state index contributed by atoms with van der Waals surface area (Å²) in [6, 6.07) is 6.62. The van der Waals surface area contributed by atoms with Crippen LogP contribution in [0.15, 0.2) is 18.2 Å². The van der Waals surface area contributed by atoms with Crippen LogP contribution < -0.4 is 10.6 Å². The van der Waals surface area contributed by atoms with Gasteiger partial charge < -0.3 is 15.7 Å². The maximum absolute atomic E-state index is 9.25. The molecule has 1 aromatic rings. The zero-order valence-corrected chi connectivity index (χ0v) is 10.7. The van der Waals surface area contributed by atoms with Crippen molar-refractivity contribution >= 4 is 5.69 Å². The number of aliphatic hydroxyl groups is 1. The number of aryl methyl sites for hydroxylation is 2. The molecule has 0 aliphatic carbocycles. The average molecular weight is 234 g/mol. The minimum Gasteiger partial charge on any atom is -0.394 e. The van der Waals surface area contributed by atoms with E-state index in [0.717, 1.165) is 25.9 Å². The molecular weight excluding hydrogens is 212 g/mol. The Bertz CT molecular complexity index is 375. The Labute approximate surface area is 103 Å². The van der Waals surface area contributed by atoms with Crippen molar-refractivity contribution in [2.45, 2.75) is 32.2 Å². The fraction of sp³-hybridized carbons (Fsp3) is 0.571. The highest BCUT2D eigenvalue weighted by Crippen LogP contribution is 2.26. The van der Waals surface area contributed by atoms with E-state index in [4.69, 9.17) is 5.73 Å². The van der Waals surface area contributed by atoms with Crippen LogP contribution in [0, 0.1) is 13.8 Å². The molecule has 0 radical (unpaired) electrons. The Hall–Kier alpha value is -1.06. The molecule has 0 aromatic heterocycles. The number of anilines is 1. The van der Waals surface area contributed by atoms with E-state index in [1.54, 1.807) is 0 Å². The lowest BCUT2D eigenvalue weighted by Gasteiger charge is -2.39. The Morgan fingerprint density at radius 1 is 1.18 bits per heavy atom. The average Bonchev–Trinajstić information content (AvgIpc) is 2.29. The number of rotatable bonds is 2. The first-order valence-corrected chi connectivity index (χ1v) is 6.25. The Morgan fingerprint density at radius 2 is 1.71 bits per heavy atom. The Morgan fingerprint density at radius 3 is 2.18 bits per heavy atom. The van der Waals surface area contributed by atoms with E-state index in [0.29, 0.717) is 0 Å². The van der Waals surface area contributed by atoms with E-state index in [1.165, 1.54) is 16.8 Å². The Balaban J connectivity index is 2.10. The van der Waals surface area contributed by atoms with E-state index in [1.807, 2.05) is 0 Å². The number of benzene rings is 1. The maximum Gasteiger partial charge on any atom is 0.0612 e. The van der Waals surface area contributed by atoms with Gasteiger partial charge in [0.1, 0.15) is 0 Å². The highest BCUT2D eigenvalue weighted by Gasteiger charge is 2.29. The molecule has 0 amide bonds. The second kappa shape index (κ2) is 4.67. The van der Waals surface area contributed by atoms with Crippen molar-refractivity contribution in [3.05, 3.63) is 29.3 Å². The van der Waals surface area contributed by atoms with Gasteiger partial charge in [0.25, 0.3) is 0 Å². The monoisotopic (exact) mass is 234 g/mol. The molecule has 3 N–H and O–H groups in total. The summed E-state index contributed by atoms with van der Waals surface area (Å²) in [6.45, 7) is 6.20. The van der Waals surface area contributed by atoms with Crippen LogP contribution in [0.5, 0.6) is 0 Å². The predicted molar refractivity (Wildman–Crippen MR) is 71.4 cm³/mol. The summed E-state index contributed by atoms with van der Waals surface area (Å²) in [5.74, 6) is 0. The summed E-state index contributed by atoms with van der Waals surface area (Å²) < 4.78 is 0. The summed E-state index contributed by atoms with van der Waals surface area (Å²) in [7, 11) is 0. The third-order valence-electron chi connectivity index (χ3n) is 3.65. The van der Waals surface area contributed by atoms with Gasteiger partial charge in [0.15, 0.2) is 0 Å². The molecule has 94 valence electrons. The van der Waals surface area contributed by atoms with E-state index in [2.05, 4.69) is 36.9 Å². The first kappa shape index (κ1) is 12.4. The van der Waals surface area contributed by atoms with Crippen molar-refractivity contribution in [1.29, 1.82) is 0 Å². The Kier molecular flexibility index (Phi) is 3.40. The maximum atomic E-state index is 9.25. The molecule has 1 aromatic carbocycles. The summed E-state index contributed by atoms with van der Waals surface area (Å²) in [4.78, 5) is 2.36. The SMILES string of the molecule is Cc1cc(C)cc(N2CCC(N)(CO)CC2)c1. The van der Waals surface area contributed by atoms with Gasteiger partial charge >= 0.3 is 0 Å². The van der Waals surface area contributed by atoms with Crippen LogP contribution in [0.2, 0.25) is 0 Å². The van der Waals surface area contributed by atoms with Gasteiger partial charge in [-0.3, -0.25) is 0 Å². The molecular formula is C14H22N2O. The molecule has 1 aliphatic rings. The van der Waals surface area contributed by atoms with E-state index in [-0.39, 0.29) is 12.1 Å². The topological polar surface area (TPSA) is 49.5 Å². The number of nitrogens with zero attached hydrogens (tertiary/aromatic N) is 1. The lowest BCUT2D eigenvalue weighted by molar-refractivity contribution is 0.170. The molecule has 1 aliphatic heterocycles. The predicted octanol–water partition coefficient (Wildman–Crippen LogP) is 1.59. The first-order chi connectivity index (χ1) is 8.02. The quantitative estimate of drug-likeness (QED) is 0.817. The number of nitrogens with two attached hydrogens (primary N) is 1. The molecule has 3 nitrogen and oxygen atoms in total. The van der Waals surface area contributed by atoms with Crippen molar-refractivity contribution in [2.24, 2.45) is 5.73 Å². The first-order valence-electron chi connectivity index (χ1n) is 6.25. The van der Waals surface area contributed by atoms with Crippen LogP contribution in [0.25, 0.3) is 0 Å². The summed E-state index contributed by atoms with van der Waals surface area (Å²) in [6.07, 6.45) is 1.72. The number of hydrogen-bond acceptors (Lipinski definition) is 3. The smallest absolute Gasteiger partial charge is 0.0612 e. The van der Waals surface area contributed by atoms with Gasteiger partial charge in [0.2, 0.25) is 0 Å². The van der Waals surface area contributed by atoms with Crippen molar-refractivity contribution < 1.29 is 5.11 Å². The second-order valence-corrected chi connectivity index (χ2v) is 5.35. The summed E-state index contributed by atoms with van der Waals surface area (Å²) in [5, 5.41) is 9.25. The van der Waals surface area contributed by atoms with Crippen molar-refractivity contribution in [2.75, 3.05) is 24.6 Å². The molecule has 3 heteroatoms. The van der Waals surface area contributed by atoms with Gasteiger partial charge in [-0.15, -0.1) is 0 Å². The van der Waals surface area contributed by atoms with Crippen molar-refractivity contribution in [3.63, 3.8) is 0 Å². The third-order valence-corrected chi connectivity index (χ3v) is 3.65. The standard InChI is InChI=1S/C14H22N2O/c1-11-7-12(2)9-13(8-11)16-5-3-14(15,10-17)4-6-16/h7-9,17H,3-6,10,15H2,1-2H3. The molecule has 0 atom stereocenters. The number of piperidine rings is 1. The molecule has 0 saturated carbocycles. The fourth-order valence-electron chi connectivity index (χ4n) is 2.50. The molecule has 0 unspecified atom stereocenters. The minimum absolute atomic E-state index is 0.0910. The zero-order chi connectivity index (χ0) is 12.5. The van der Waals surface area contributed by atoms with Gasteiger partial charge in [-0.1, -0.05) is 6.07 Å². The molecule has 1 fully saturated rings. The minimum atomic E-state index is -0.366. The van der Waals surface area contributed by atoms with Gasteiger partial charge in [0, 0.05) is 24.3 Å². The van der Waals surface area contributed by atoms with Crippen LogP contribution >= 0.6 is 0 Å². The second-order valence-electron chi connectivity index (χ2n) is 5.35. The van der Waals surface area contributed by atoms with Crippen LogP contribution in [0.3, 0.4) is 0 Å². The van der Waals surface area contributed by atoms with Gasteiger partial charge in [-0.2, -0.15) is 0 Å². The summed E-state index contributed by atoms with van der Waals surface area (Å²) >= 11 is 0. The van der Waals surface area contributed by atoms with Crippen molar-refractivity contribution in [3.8, 4) is 0 Å². The van der Waals surface area contributed by atoms with Crippen LogP contribution in [-0.2, 0) is 0 Å². The molecule has 2 rings (SSSR count). The molecule has 0 bridgehead atoms.